The molecule has 0 aliphatic heterocycles. The van der Waals surface area contributed by atoms with E-state index in [4.69, 9.17) is 0 Å². The van der Waals surface area contributed by atoms with Crippen molar-refractivity contribution in [3.63, 3.8) is 0 Å². The number of esters is 1. The number of nitrogens with one attached hydrogen (secondary N) is 1. The summed E-state index contributed by atoms with van der Waals surface area (Å²) in [4.78, 5) is 31.7. The molecule has 0 saturated carbocycles. The van der Waals surface area contributed by atoms with Crippen molar-refractivity contribution in [1.29, 1.82) is 0 Å². The Labute approximate surface area is 175 Å². The van der Waals surface area contributed by atoms with E-state index in [1.165, 1.54) is 13.2 Å². The molecule has 0 aliphatic rings. The van der Waals surface area contributed by atoms with Crippen LogP contribution >= 0.6 is 0 Å². The summed E-state index contributed by atoms with van der Waals surface area (Å²) in [6.45, 7) is 5.03. The second-order valence-corrected chi connectivity index (χ2v) is 6.98. The van der Waals surface area contributed by atoms with Gasteiger partial charge in [0, 0.05) is 23.5 Å². The first-order chi connectivity index (χ1) is 14.5. The largest absolute Gasteiger partial charge is 0.465 e. The van der Waals surface area contributed by atoms with Crippen LogP contribution in [0.5, 0.6) is 0 Å². The quantitative estimate of drug-likeness (QED) is 0.617. The highest BCUT2D eigenvalue weighted by atomic mass is 19.4. The summed E-state index contributed by atoms with van der Waals surface area (Å²) in [6.07, 6.45) is -4.38. The number of fused-ring (bicyclic) bond motifs is 1. The van der Waals surface area contributed by atoms with E-state index in [2.05, 4.69) is 25.1 Å². The van der Waals surface area contributed by atoms with E-state index in [1.807, 2.05) is 0 Å². The number of hydrogen-bond acceptors (Lipinski definition) is 6. The molecular formula is C20H20F3N5O3. The Balaban J connectivity index is 1.78. The van der Waals surface area contributed by atoms with E-state index >= 15 is 0 Å². The Bertz CT molecular complexity index is 1170. The molecule has 2 heterocycles. The number of aryl methyl sites for hydroxylation is 3. The van der Waals surface area contributed by atoms with Crippen molar-refractivity contribution in [2.75, 3.05) is 12.4 Å². The Morgan fingerprint density at radius 3 is 2.52 bits per heavy atom. The third-order valence-electron chi connectivity index (χ3n) is 4.84. The molecule has 8 nitrogen and oxygen atoms in total. The predicted molar refractivity (Wildman–Crippen MR) is 105 cm³/mol. The number of methoxy groups -OCH3 is 1. The van der Waals surface area contributed by atoms with E-state index < -0.39 is 18.0 Å². The highest BCUT2D eigenvalue weighted by Gasteiger charge is 2.37. The molecule has 31 heavy (non-hydrogen) atoms. The minimum absolute atomic E-state index is 0.0532. The highest BCUT2D eigenvalue weighted by Crippen LogP contribution is 2.27. The number of aromatic nitrogens is 4. The molecule has 11 heteroatoms. The van der Waals surface area contributed by atoms with Crippen LogP contribution in [0.1, 0.15) is 45.1 Å². The average Bonchev–Trinajstić information content (AvgIpc) is 3.13. The zero-order chi connectivity index (χ0) is 22.9. The van der Waals surface area contributed by atoms with Gasteiger partial charge in [-0.25, -0.2) is 14.3 Å². The Hall–Kier alpha value is -3.50. The molecule has 0 spiro atoms. The number of carbonyl (C=O) groups is 2. The standard InChI is InChI=1S/C20H20F3N5O3/c1-10-5-6-13(17(30)31-4)9-15(10)25-16(29)8-7-14-11(2)24-19-26-18(20(21,22)23)27-28(19)12(14)3/h5-6,9H,7-8H2,1-4H3,(H,25,29). The maximum absolute atomic E-state index is 12.9. The predicted octanol–water partition coefficient (Wildman–Crippen LogP) is 3.43. The molecular weight excluding hydrogens is 415 g/mol. The topological polar surface area (TPSA) is 98.5 Å². The maximum Gasteiger partial charge on any atom is 0.453 e. The van der Waals surface area contributed by atoms with Crippen molar-refractivity contribution in [3.8, 4) is 0 Å². The van der Waals surface area contributed by atoms with Gasteiger partial charge in [0.1, 0.15) is 0 Å². The summed E-state index contributed by atoms with van der Waals surface area (Å²) in [5.41, 5.74) is 3.06. The van der Waals surface area contributed by atoms with Gasteiger partial charge in [0.25, 0.3) is 11.6 Å². The molecule has 0 bridgehead atoms. The molecule has 0 atom stereocenters. The molecule has 0 aliphatic carbocycles. The fourth-order valence-corrected chi connectivity index (χ4v) is 3.14. The third kappa shape index (κ3) is 4.65. The van der Waals surface area contributed by atoms with Crippen LogP contribution in [0.2, 0.25) is 0 Å². The second kappa shape index (κ2) is 8.32. The van der Waals surface area contributed by atoms with Crippen LogP contribution in [0.3, 0.4) is 0 Å². The summed E-state index contributed by atoms with van der Waals surface area (Å²) < 4.78 is 44.4. The fourth-order valence-electron chi connectivity index (χ4n) is 3.14. The first-order valence-corrected chi connectivity index (χ1v) is 9.30. The number of rotatable bonds is 5. The second-order valence-electron chi connectivity index (χ2n) is 6.98. The SMILES string of the molecule is COC(=O)c1ccc(C)c(NC(=O)CCc2c(C)nc3nc(C(F)(F)F)nn3c2C)c1. The molecule has 1 aromatic carbocycles. The Kier molecular flexibility index (Phi) is 5.96. The summed E-state index contributed by atoms with van der Waals surface area (Å²) in [5, 5.41) is 6.25. The molecule has 0 saturated heterocycles. The lowest BCUT2D eigenvalue weighted by atomic mass is 10.1. The van der Waals surface area contributed by atoms with Gasteiger partial charge in [-0.1, -0.05) is 6.07 Å². The van der Waals surface area contributed by atoms with Gasteiger partial charge in [0.2, 0.25) is 5.91 Å². The van der Waals surface area contributed by atoms with Crippen molar-refractivity contribution in [2.45, 2.75) is 39.8 Å². The summed E-state index contributed by atoms with van der Waals surface area (Å²) >= 11 is 0. The highest BCUT2D eigenvalue weighted by molar-refractivity contribution is 5.95. The van der Waals surface area contributed by atoms with Crippen LogP contribution in [-0.4, -0.2) is 38.6 Å². The van der Waals surface area contributed by atoms with Gasteiger partial charge in [0.15, 0.2) is 0 Å². The van der Waals surface area contributed by atoms with Gasteiger partial charge in [-0.05, 0) is 50.5 Å². The zero-order valence-corrected chi connectivity index (χ0v) is 17.3. The summed E-state index contributed by atoms with van der Waals surface area (Å²) in [6, 6.07) is 4.81. The monoisotopic (exact) mass is 435 g/mol. The van der Waals surface area contributed by atoms with Crippen LogP contribution in [0.4, 0.5) is 18.9 Å². The number of amides is 1. The number of anilines is 1. The van der Waals surface area contributed by atoms with Gasteiger partial charge in [0.05, 0.1) is 12.7 Å². The summed E-state index contributed by atoms with van der Waals surface area (Å²) in [7, 11) is 1.27. The number of carbonyl (C=O) groups excluding carboxylic acids is 2. The van der Waals surface area contributed by atoms with Gasteiger partial charge >= 0.3 is 12.1 Å². The lowest BCUT2D eigenvalue weighted by molar-refractivity contribution is -0.144. The van der Waals surface area contributed by atoms with E-state index in [9.17, 15) is 22.8 Å². The molecule has 1 amide bonds. The first-order valence-electron chi connectivity index (χ1n) is 9.30. The maximum atomic E-state index is 12.9. The van der Waals surface area contributed by atoms with Crippen molar-refractivity contribution >= 4 is 23.3 Å². The van der Waals surface area contributed by atoms with E-state index in [0.29, 0.717) is 28.2 Å². The molecule has 3 rings (SSSR count). The van der Waals surface area contributed by atoms with Gasteiger partial charge in [-0.15, -0.1) is 5.10 Å². The fraction of sp³-hybridized carbons (Fsp3) is 0.350. The van der Waals surface area contributed by atoms with E-state index in [-0.39, 0.29) is 24.5 Å². The van der Waals surface area contributed by atoms with E-state index in [0.717, 1.165) is 10.1 Å². The van der Waals surface area contributed by atoms with Crippen molar-refractivity contribution in [3.05, 3.63) is 52.1 Å². The molecule has 0 radical (unpaired) electrons. The lowest BCUT2D eigenvalue weighted by Gasteiger charge is -2.12. The molecule has 2 aromatic heterocycles. The van der Waals surface area contributed by atoms with Gasteiger partial charge in [-0.3, -0.25) is 4.79 Å². The number of hydrogen-bond donors (Lipinski definition) is 1. The molecule has 3 aromatic rings. The number of alkyl halides is 3. The third-order valence-corrected chi connectivity index (χ3v) is 4.84. The van der Waals surface area contributed by atoms with Crippen LogP contribution in [0, 0.1) is 20.8 Å². The lowest BCUT2D eigenvalue weighted by Crippen LogP contribution is -2.15. The number of ether oxygens (including phenoxy) is 1. The molecule has 164 valence electrons. The zero-order valence-electron chi connectivity index (χ0n) is 17.3. The number of halogens is 3. The number of benzene rings is 1. The van der Waals surface area contributed by atoms with Gasteiger partial charge in [-0.2, -0.15) is 18.2 Å². The normalized spacial score (nSPS) is 11.6. The Morgan fingerprint density at radius 1 is 1.16 bits per heavy atom. The Morgan fingerprint density at radius 2 is 1.87 bits per heavy atom. The van der Waals surface area contributed by atoms with Crippen molar-refractivity contribution in [1.82, 2.24) is 19.6 Å². The molecule has 0 unspecified atom stereocenters. The van der Waals surface area contributed by atoms with Crippen LogP contribution in [0.15, 0.2) is 18.2 Å². The van der Waals surface area contributed by atoms with Crippen LogP contribution in [-0.2, 0) is 22.1 Å². The smallest absolute Gasteiger partial charge is 0.453 e. The summed E-state index contributed by atoms with van der Waals surface area (Å²) in [5.74, 6) is -2.25. The first kappa shape index (κ1) is 22.2. The average molecular weight is 435 g/mol. The van der Waals surface area contributed by atoms with Crippen molar-refractivity contribution < 1.29 is 27.5 Å². The molecule has 0 fully saturated rings. The minimum Gasteiger partial charge on any atom is -0.465 e. The van der Waals surface area contributed by atoms with Crippen molar-refractivity contribution in [2.24, 2.45) is 0 Å². The minimum atomic E-state index is -4.68. The molecule has 1 N–H and O–H groups in total. The van der Waals surface area contributed by atoms with Gasteiger partial charge < -0.3 is 10.1 Å². The number of nitrogens with zero attached hydrogens (tertiary/aromatic N) is 4. The van der Waals surface area contributed by atoms with E-state index in [1.54, 1.807) is 32.9 Å². The van der Waals surface area contributed by atoms with Crippen LogP contribution < -0.4 is 5.32 Å². The van der Waals surface area contributed by atoms with Crippen LogP contribution in [0.25, 0.3) is 5.78 Å².